The molecule has 0 bridgehead atoms. The highest BCUT2D eigenvalue weighted by molar-refractivity contribution is 5.44. The van der Waals surface area contributed by atoms with Gasteiger partial charge in [0.15, 0.2) is 0 Å². The zero-order valence-electron chi connectivity index (χ0n) is 15.3. The SMILES string of the molecule is Cc1ccc(CC(C)NCCCc2ccc([N+](=O)[O-])c(C(F)(F)F)c2)cc1. The molecule has 7 heteroatoms. The van der Waals surface area contributed by atoms with Crippen molar-refractivity contribution in [3.63, 3.8) is 0 Å². The number of hydrogen-bond acceptors (Lipinski definition) is 3. The molecule has 0 spiro atoms. The highest BCUT2D eigenvalue weighted by Crippen LogP contribution is 2.36. The number of benzene rings is 2. The Morgan fingerprint density at radius 3 is 2.33 bits per heavy atom. The molecule has 0 aliphatic heterocycles. The number of nitro groups is 1. The molecule has 2 aromatic rings. The second kappa shape index (κ2) is 8.99. The Bertz CT molecular complexity index is 774. The summed E-state index contributed by atoms with van der Waals surface area (Å²) in [5.41, 5.74) is 0.786. The van der Waals surface area contributed by atoms with Gasteiger partial charge in [0.1, 0.15) is 5.56 Å². The average molecular weight is 380 g/mol. The maximum absolute atomic E-state index is 13.0. The fourth-order valence-electron chi connectivity index (χ4n) is 2.92. The van der Waals surface area contributed by atoms with E-state index in [2.05, 4.69) is 36.5 Å². The number of nitrogens with one attached hydrogen (secondary N) is 1. The molecule has 0 amide bonds. The summed E-state index contributed by atoms with van der Waals surface area (Å²) in [7, 11) is 0. The zero-order chi connectivity index (χ0) is 20.0. The molecule has 4 nitrogen and oxygen atoms in total. The topological polar surface area (TPSA) is 55.2 Å². The highest BCUT2D eigenvalue weighted by atomic mass is 19.4. The molecular weight excluding hydrogens is 357 g/mol. The van der Waals surface area contributed by atoms with E-state index >= 15 is 0 Å². The minimum Gasteiger partial charge on any atom is -0.314 e. The maximum Gasteiger partial charge on any atom is 0.423 e. The molecule has 146 valence electrons. The predicted molar refractivity (Wildman–Crippen MR) is 98.8 cm³/mol. The Kier molecular flexibility index (Phi) is 6.96. The standard InChI is InChI=1S/C20H23F3N2O2/c1-14-5-7-17(8-6-14)12-15(2)24-11-3-4-16-9-10-19(25(26)27)18(13-16)20(21,22)23/h5-10,13,15,24H,3-4,11-12H2,1-2H3. The molecule has 0 aromatic heterocycles. The van der Waals surface area contributed by atoms with E-state index in [9.17, 15) is 23.3 Å². The number of rotatable bonds is 8. The molecule has 0 saturated heterocycles. The molecule has 2 rings (SSSR count). The normalized spacial score (nSPS) is 12.8. The molecular formula is C20H23F3N2O2. The van der Waals surface area contributed by atoms with Gasteiger partial charge in [-0.1, -0.05) is 35.9 Å². The third kappa shape index (κ3) is 6.36. The maximum atomic E-state index is 13.0. The first-order chi connectivity index (χ1) is 12.7. The molecule has 2 aromatic carbocycles. The van der Waals surface area contributed by atoms with E-state index in [0.717, 1.165) is 18.6 Å². The van der Waals surface area contributed by atoms with Crippen LogP contribution in [0.5, 0.6) is 0 Å². The van der Waals surface area contributed by atoms with Gasteiger partial charge in [0.2, 0.25) is 0 Å². The number of hydrogen-bond donors (Lipinski definition) is 1. The monoisotopic (exact) mass is 380 g/mol. The van der Waals surface area contributed by atoms with E-state index < -0.39 is 22.4 Å². The van der Waals surface area contributed by atoms with Gasteiger partial charge in [0.25, 0.3) is 5.69 Å². The molecule has 0 aliphatic rings. The van der Waals surface area contributed by atoms with Gasteiger partial charge in [0.05, 0.1) is 4.92 Å². The number of nitrogens with zero attached hydrogens (tertiary/aromatic N) is 1. The van der Waals surface area contributed by atoms with Crippen LogP contribution in [0.3, 0.4) is 0 Å². The predicted octanol–water partition coefficient (Wildman–Crippen LogP) is 5.08. The summed E-state index contributed by atoms with van der Waals surface area (Å²) in [6.07, 6.45) is -2.80. The van der Waals surface area contributed by atoms with Gasteiger partial charge in [0, 0.05) is 12.1 Å². The van der Waals surface area contributed by atoms with Crippen molar-refractivity contribution >= 4 is 5.69 Å². The van der Waals surface area contributed by atoms with Crippen molar-refractivity contribution in [1.29, 1.82) is 0 Å². The highest BCUT2D eigenvalue weighted by Gasteiger charge is 2.38. The van der Waals surface area contributed by atoms with Crippen molar-refractivity contribution in [3.8, 4) is 0 Å². The smallest absolute Gasteiger partial charge is 0.314 e. The lowest BCUT2D eigenvalue weighted by Gasteiger charge is -2.14. The summed E-state index contributed by atoms with van der Waals surface area (Å²) < 4.78 is 39.0. The number of alkyl halides is 3. The van der Waals surface area contributed by atoms with Gasteiger partial charge in [-0.05, 0) is 56.8 Å². The van der Waals surface area contributed by atoms with Crippen molar-refractivity contribution < 1.29 is 18.1 Å². The van der Waals surface area contributed by atoms with Crippen LogP contribution in [0.1, 0.15) is 35.6 Å². The van der Waals surface area contributed by atoms with Crippen LogP contribution in [0.4, 0.5) is 18.9 Å². The summed E-state index contributed by atoms with van der Waals surface area (Å²) in [5, 5.41) is 14.1. The van der Waals surface area contributed by atoms with Crippen molar-refractivity contribution in [2.75, 3.05) is 6.54 Å². The van der Waals surface area contributed by atoms with Crippen LogP contribution in [0.25, 0.3) is 0 Å². The first-order valence-electron chi connectivity index (χ1n) is 8.80. The van der Waals surface area contributed by atoms with Crippen LogP contribution in [0.15, 0.2) is 42.5 Å². The van der Waals surface area contributed by atoms with Gasteiger partial charge in [-0.3, -0.25) is 10.1 Å². The van der Waals surface area contributed by atoms with E-state index in [1.54, 1.807) is 0 Å². The summed E-state index contributed by atoms with van der Waals surface area (Å²) >= 11 is 0. The first kappa shape index (κ1) is 20.9. The Morgan fingerprint density at radius 2 is 1.74 bits per heavy atom. The van der Waals surface area contributed by atoms with Crippen LogP contribution in [0.2, 0.25) is 0 Å². The minimum absolute atomic E-state index is 0.246. The Hall–Kier alpha value is -2.41. The third-order valence-electron chi connectivity index (χ3n) is 4.36. The lowest BCUT2D eigenvalue weighted by Crippen LogP contribution is -2.29. The van der Waals surface area contributed by atoms with Gasteiger partial charge in [-0.25, -0.2) is 0 Å². The van der Waals surface area contributed by atoms with Gasteiger partial charge in [-0.2, -0.15) is 13.2 Å². The molecule has 0 radical (unpaired) electrons. The van der Waals surface area contributed by atoms with E-state index in [0.29, 0.717) is 24.9 Å². The summed E-state index contributed by atoms with van der Waals surface area (Å²) in [5.74, 6) is 0. The van der Waals surface area contributed by atoms with E-state index in [1.165, 1.54) is 17.2 Å². The van der Waals surface area contributed by atoms with Crippen molar-refractivity contribution in [2.24, 2.45) is 0 Å². The fraction of sp³-hybridized carbons (Fsp3) is 0.400. The van der Waals surface area contributed by atoms with Gasteiger partial charge >= 0.3 is 6.18 Å². The Labute approximate surface area is 156 Å². The second-order valence-electron chi connectivity index (χ2n) is 6.75. The van der Waals surface area contributed by atoms with Crippen molar-refractivity contribution in [3.05, 3.63) is 74.8 Å². The minimum atomic E-state index is -4.74. The quantitative estimate of drug-likeness (QED) is 0.395. The van der Waals surface area contributed by atoms with E-state index in [-0.39, 0.29) is 6.04 Å². The van der Waals surface area contributed by atoms with E-state index in [4.69, 9.17) is 0 Å². The lowest BCUT2D eigenvalue weighted by molar-refractivity contribution is -0.388. The van der Waals surface area contributed by atoms with E-state index in [1.807, 2.05) is 6.92 Å². The second-order valence-corrected chi connectivity index (χ2v) is 6.75. The van der Waals surface area contributed by atoms with Crippen LogP contribution < -0.4 is 5.32 Å². The average Bonchev–Trinajstić information content (AvgIpc) is 2.59. The largest absolute Gasteiger partial charge is 0.423 e. The van der Waals surface area contributed by atoms with Crippen LogP contribution >= 0.6 is 0 Å². The number of nitro benzene ring substituents is 1. The fourth-order valence-corrected chi connectivity index (χ4v) is 2.92. The summed E-state index contributed by atoms with van der Waals surface area (Å²) in [6, 6.07) is 11.8. The van der Waals surface area contributed by atoms with Gasteiger partial charge < -0.3 is 5.32 Å². The molecule has 0 heterocycles. The molecule has 0 aliphatic carbocycles. The number of aryl methyl sites for hydroxylation is 2. The summed E-state index contributed by atoms with van der Waals surface area (Å²) in [4.78, 5) is 9.78. The van der Waals surface area contributed by atoms with Crippen LogP contribution in [0, 0.1) is 17.0 Å². The Morgan fingerprint density at radius 1 is 1.11 bits per heavy atom. The first-order valence-corrected chi connectivity index (χ1v) is 8.80. The van der Waals surface area contributed by atoms with Crippen LogP contribution in [-0.4, -0.2) is 17.5 Å². The molecule has 1 N–H and O–H groups in total. The third-order valence-corrected chi connectivity index (χ3v) is 4.36. The lowest BCUT2D eigenvalue weighted by atomic mass is 10.0. The molecule has 0 fully saturated rings. The Balaban J connectivity index is 1.86. The summed E-state index contributed by atoms with van der Waals surface area (Å²) in [6.45, 7) is 4.76. The zero-order valence-corrected chi connectivity index (χ0v) is 15.3. The molecule has 1 unspecified atom stereocenters. The van der Waals surface area contributed by atoms with Crippen LogP contribution in [-0.2, 0) is 19.0 Å². The van der Waals surface area contributed by atoms with Crippen molar-refractivity contribution in [1.82, 2.24) is 5.32 Å². The molecule has 27 heavy (non-hydrogen) atoms. The molecule has 1 atom stereocenters. The molecule has 0 saturated carbocycles. The van der Waals surface area contributed by atoms with Gasteiger partial charge in [-0.15, -0.1) is 0 Å². The number of halogens is 3. The van der Waals surface area contributed by atoms with Crippen molar-refractivity contribution in [2.45, 2.75) is 45.3 Å².